The Morgan fingerprint density at radius 1 is 1.10 bits per heavy atom. The van der Waals surface area contributed by atoms with E-state index >= 15 is 0 Å². The molecule has 1 aromatic heterocycles. The van der Waals surface area contributed by atoms with Gasteiger partial charge >= 0.3 is 6.03 Å². The van der Waals surface area contributed by atoms with Crippen LogP contribution in [0, 0.1) is 5.82 Å². The Labute approximate surface area is 175 Å². The first kappa shape index (κ1) is 20.1. The Kier molecular flexibility index (Phi) is 6.09. The first-order valence-corrected chi connectivity index (χ1v) is 10.1. The summed E-state index contributed by atoms with van der Waals surface area (Å²) < 4.78 is 21.1. The number of urea groups is 1. The third-order valence-corrected chi connectivity index (χ3v) is 5.61. The lowest BCUT2D eigenvalue weighted by Gasteiger charge is -2.38. The van der Waals surface area contributed by atoms with Gasteiger partial charge in [-0.1, -0.05) is 24.3 Å². The molecule has 7 heteroatoms. The standard InChI is InChI=1S/C23H25FN4O2/c24-20-6-2-5-19(15-20)23(8-12-30-13-9-23)17-26-22(29)25-16-18-4-1-7-21(14-18)28-11-3-10-27-28/h1-7,10-11,14-15H,8-9,12-13,16-17H2,(H2,25,26,29). The Bertz CT molecular complexity index is 984. The summed E-state index contributed by atoms with van der Waals surface area (Å²) >= 11 is 0. The van der Waals surface area contributed by atoms with Crippen molar-refractivity contribution < 1.29 is 13.9 Å². The van der Waals surface area contributed by atoms with Gasteiger partial charge in [-0.25, -0.2) is 13.9 Å². The average molecular weight is 408 g/mol. The second kappa shape index (κ2) is 9.09. The van der Waals surface area contributed by atoms with E-state index in [0.717, 1.165) is 29.7 Å². The fourth-order valence-electron chi connectivity index (χ4n) is 3.87. The summed E-state index contributed by atoms with van der Waals surface area (Å²) in [6.45, 7) is 2.02. The zero-order chi connectivity index (χ0) is 20.8. The average Bonchev–Trinajstić information content (AvgIpc) is 3.32. The van der Waals surface area contributed by atoms with Crippen LogP contribution in [0.15, 0.2) is 67.0 Å². The minimum Gasteiger partial charge on any atom is -0.381 e. The fourth-order valence-corrected chi connectivity index (χ4v) is 3.87. The van der Waals surface area contributed by atoms with E-state index in [4.69, 9.17) is 4.74 Å². The van der Waals surface area contributed by atoms with E-state index in [1.807, 2.05) is 42.6 Å². The first-order chi connectivity index (χ1) is 14.6. The molecule has 156 valence electrons. The van der Waals surface area contributed by atoms with Crippen molar-refractivity contribution in [2.75, 3.05) is 19.8 Å². The highest BCUT2D eigenvalue weighted by Crippen LogP contribution is 2.34. The number of amides is 2. The van der Waals surface area contributed by atoms with Crippen molar-refractivity contribution in [3.8, 4) is 5.69 Å². The summed E-state index contributed by atoms with van der Waals surface area (Å²) in [5.41, 5.74) is 2.49. The number of ether oxygens (including phenoxy) is 1. The fraction of sp³-hybridized carbons (Fsp3) is 0.304. The molecular formula is C23H25FN4O2. The van der Waals surface area contributed by atoms with Gasteiger partial charge in [0.25, 0.3) is 0 Å². The van der Waals surface area contributed by atoms with E-state index in [1.54, 1.807) is 23.0 Å². The molecule has 1 fully saturated rings. The van der Waals surface area contributed by atoms with Gasteiger partial charge in [0.2, 0.25) is 0 Å². The van der Waals surface area contributed by atoms with E-state index in [1.165, 1.54) is 6.07 Å². The third kappa shape index (κ3) is 4.68. The molecular weight excluding hydrogens is 383 g/mol. The van der Waals surface area contributed by atoms with Crippen LogP contribution in [0.25, 0.3) is 5.69 Å². The molecule has 2 aromatic carbocycles. The predicted molar refractivity (Wildman–Crippen MR) is 112 cm³/mol. The maximum absolute atomic E-state index is 13.8. The Hall–Kier alpha value is -3.19. The number of hydrogen-bond acceptors (Lipinski definition) is 3. The van der Waals surface area contributed by atoms with Gasteiger partial charge in [-0.2, -0.15) is 5.10 Å². The van der Waals surface area contributed by atoms with Gasteiger partial charge in [0, 0.05) is 44.1 Å². The van der Waals surface area contributed by atoms with Crippen LogP contribution < -0.4 is 10.6 Å². The van der Waals surface area contributed by atoms with Gasteiger partial charge in [0.1, 0.15) is 5.82 Å². The topological polar surface area (TPSA) is 68.2 Å². The molecule has 0 radical (unpaired) electrons. The van der Waals surface area contributed by atoms with Crippen molar-refractivity contribution in [1.82, 2.24) is 20.4 Å². The number of rotatable bonds is 6. The molecule has 1 aliphatic rings. The molecule has 4 rings (SSSR count). The number of benzene rings is 2. The second-order valence-electron chi connectivity index (χ2n) is 7.56. The summed E-state index contributed by atoms with van der Waals surface area (Å²) in [5, 5.41) is 10.1. The molecule has 0 atom stereocenters. The van der Waals surface area contributed by atoms with Gasteiger partial charge < -0.3 is 15.4 Å². The largest absolute Gasteiger partial charge is 0.381 e. The molecule has 3 aromatic rings. The Morgan fingerprint density at radius 2 is 1.93 bits per heavy atom. The van der Waals surface area contributed by atoms with Crippen LogP contribution in [0.3, 0.4) is 0 Å². The minimum absolute atomic E-state index is 0.248. The highest BCUT2D eigenvalue weighted by atomic mass is 19.1. The SMILES string of the molecule is O=C(NCc1cccc(-n2cccn2)c1)NCC1(c2cccc(F)c2)CCOCC1. The molecule has 0 aliphatic carbocycles. The van der Waals surface area contributed by atoms with Crippen molar-refractivity contribution in [2.24, 2.45) is 0 Å². The second-order valence-corrected chi connectivity index (χ2v) is 7.56. The van der Waals surface area contributed by atoms with Crippen LogP contribution in [0.2, 0.25) is 0 Å². The van der Waals surface area contributed by atoms with Crippen LogP contribution in [0.4, 0.5) is 9.18 Å². The van der Waals surface area contributed by atoms with Crippen molar-refractivity contribution in [3.05, 3.63) is 83.9 Å². The maximum atomic E-state index is 13.8. The van der Waals surface area contributed by atoms with Gasteiger partial charge in [-0.05, 0) is 54.3 Å². The van der Waals surface area contributed by atoms with Gasteiger partial charge in [-0.15, -0.1) is 0 Å². The monoisotopic (exact) mass is 408 g/mol. The number of carbonyl (C=O) groups is 1. The molecule has 0 saturated carbocycles. The highest BCUT2D eigenvalue weighted by molar-refractivity contribution is 5.74. The number of hydrogen-bond donors (Lipinski definition) is 2. The van der Waals surface area contributed by atoms with Crippen molar-refractivity contribution in [2.45, 2.75) is 24.8 Å². The van der Waals surface area contributed by atoms with Crippen LogP contribution >= 0.6 is 0 Å². The summed E-state index contributed by atoms with van der Waals surface area (Å²) in [5.74, 6) is -0.264. The lowest BCUT2D eigenvalue weighted by molar-refractivity contribution is 0.0506. The number of carbonyl (C=O) groups excluding carboxylic acids is 1. The van der Waals surface area contributed by atoms with Crippen molar-refractivity contribution >= 4 is 6.03 Å². The van der Waals surface area contributed by atoms with E-state index in [0.29, 0.717) is 26.3 Å². The summed E-state index contributed by atoms with van der Waals surface area (Å²) in [6.07, 6.45) is 5.08. The number of halogens is 1. The number of nitrogens with zero attached hydrogens (tertiary/aromatic N) is 2. The molecule has 30 heavy (non-hydrogen) atoms. The summed E-state index contributed by atoms with van der Waals surface area (Å²) in [4.78, 5) is 12.5. The van der Waals surface area contributed by atoms with Gasteiger partial charge in [0.15, 0.2) is 0 Å². The Balaban J connectivity index is 1.37. The lowest BCUT2D eigenvalue weighted by Crippen LogP contribution is -2.47. The van der Waals surface area contributed by atoms with Gasteiger partial charge in [0.05, 0.1) is 5.69 Å². The zero-order valence-electron chi connectivity index (χ0n) is 16.7. The molecule has 0 unspecified atom stereocenters. The lowest BCUT2D eigenvalue weighted by atomic mass is 9.74. The molecule has 2 N–H and O–H groups in total. The quantitative estimate of drug-likeness (QED) is 0.655. The maximum Gasteiger partial charge on any atom is 0.315 e. The molecule has 1 saturated heterocycles. The van der Waals surface area contributed by atoms with Crippen molar-refractivity contribution in [1.29, 1.82) is 0 Å². The van der Waals surface area contributed by atoms with E-state index in [-0.39, 0.29) is 17.3 Å². The molecule has 2 amide bonds. The predicted octanol–water partition coefficient (Wildman–Crippen LogP) is 3.56. The summed E-state index contributed by atoms with van der Waals surface area (Å²) in [6, 6.07) is 16.1. The molecule has 6 nitrogen and oxygen atoms in total. The molecule has 1 aliphatic heterocycles. The Morgan fingerprint density at radius 3 is 2.70 bits per heavy atom. The third-order valence-electron chi connectivity index (χ3n) is 5.61. The number of nitrogens with one attached hydrogen (secondary N) is 2. The smallest absolute Gasteiger partial charge is 0.315 e. The first-order valence-electron chi connectivity index (χ1n) is 10.1. The van der Waals surface area contributed by atoms with Crippen LogP contribution in [0.1, 0.15) is 24.0 Å². The highest BCUT2D eigenvalue weighted by Gasteiger charge is 2.35. The van der Waals surface area contributed by atoms with Crippen LogP contribution in [0.5, 0.6) is 0 Å². The van der Waals surface area contributed by atoms with E-state index in [9.17, 15) is 9.18 Å². The van der Waals surface area contributed by atoms with Crippen LogP contribution in [-0.2, 0) is 16.7 Å². The van der Waals surface area contributed by atoms with E-state index in [2.05, 4.69) is 15.7 Å². The van der Waals surface area contributed by atoms with E-state index < -0.39 is 0 Å². The van der Waals surface area contributed by atoms with Crippen molar-refractivity contribution in [3.63, 3.8) is 0 Å². The molecule has 0 bridgehead atoms. The number of aromatic nitrogens is 2. The molecule has 2 heterocycles. The zero-order valence-corrected chi connectivity index (χ0v) is 16.7. The van der Waals surface area contributed by atoms with Gasteiger partial charge in [-0.3, -0.25) is 0 Å². The molecule has 0 spiro atoms. The summed E-state index contributed by atoms with van der Waals surface area (Å²) in [7, 11) is 0. The minimum atomic E-state index is -0.322. The normalized spacial score (nSPS) is 15.5. The van der Waals surface area contributed by atoms with Crippen LogP contribution in [-0.4, -0.2) is 35.6 Å².